The molecule has 118 valence electrons. The SMILES string of the molecule is CC(C)c1ccc(NCc2nnc(-c3ccccc3Cl)o2)cc1. The predicted molar refractivity (Wildman–Crippen MR) is 92.6 cm³/mol. The maximum absolute atomic E-state index is 6.14. The van der Waals surface area contributed by atoms with Crippen LogP contribution in [-0.2, 0) is 6.54 Å². The second-order valence-corrected chi connectivity index (χ2v) is 6.02. The van der Waals surface area contributed by atoms with Gasteiger partial charge in [0, 0.05) is 5.69 Å². The van der Waals surface area contributed by atoms with E-state index in [4.69, 9.17) is 16.0 Å². The molecule has 3 rings (SSSR count). The van der Waals surface area contributed by atoms with Crippen molar-refractivity contribution in [2.24, 2.45) is 0 Å². The molecule has 4 nitrogen and oxygen atoms in total. The lowest BCUT2D eigenvalue weighted by molar-refractivity contribution is 0.515. The Bertz CT molecular complexity index is 781. The molecule has 0 saturated carbocycles. The summed E-state index contributed by atoms with van der Waals surface area (Å²) in [5.41, 5.74) is 3.08. The fourth-order valence-electron chi connectivity index (χ4n) is 2.23. The van der Waals surface area contributed by atoms with Gasteiger partial charge in [0.2, 0.25) is 11.8 Å². The normalized spacial score (nSPS) is 11.0. The highest BCUT2D eigenvalue weighted by molar-refractivity contribution is 6.33. The molecule has 0 spiro atoms. The van der Waals surface area contributed by atoms with Crippen LogP contribution in [0.25, 0.3) is 11.5 Å². The molecule has 0 radical (unpaired) electrons. The van der Waals surface area contributed by atoms with Crippen LogP contribution in [0, 0.1) is 0 Å². The second-order valence-electron chi connectivity index (χ2n) is 5.61. The van der Waals surface area contributed by atoms with Gasteiger partial charge in [0.15, 0.2) is 0 Å². The van der Waals surface area contributed by atoms with Crippen molar-refractivity contribution in [2.75, 3.05) is 5.32 Å². The third-order valence-electron chi connectivity index (χ3n) is 3.59. The van der Waals surface area contributed by atoms with Crippen LogP contribution in [0.1, 0.15) is 31.2 Å². The van der Waals surface area contributed by atoms with E-state index in [1.165, 1.54) is 5.56 Å². The van der Waals surface area contributed by atoms with E-state index in [1.54, 1.807) is 6.07 Å². The highest BCUT2D eigenvalue weighted by atomic mass is 35.5. The van der Waals surface area contributed by atoms with Crippen molar-refractivity contribution in [3.05, 3.63) is 65.0 Å². The number of benzene rings is 2. The van der Waals surface area contributed by atoms with E-state index in [0.29, 0.717) is 29.3 Å². The molecule has 1 heterocycles. The Labute approximate surface area is 140 Å². The fraction of sp³-hybridized carbons (Fsp3) is 0.222. The molecule has 0 aliphatic carbocycles. The van der Waals surface area contributed by atoms with Crippen molar-refractivity contribution >= 4 is 17.3 Å². The Morgan fingerprint density at radius 3 is 2.48 bits per heavy atom. The first-order chi connectivity index (χ1) is 11.1. The molecule has 0 saturated heterocycles. The maximum atomic E-state index is 6.14. The smallest absolute Gasteiger partial charge is 0.249 e. The van der Waals surface area contributed by atoms with Crippen molar-refractivity contribution in [3.63, 3.8) is 0 Å². The van der Waals surface area contributed by atoms with Gasteiger partial charge >= 0.3 is 0 Å². The highest BCUT2D eigenvalue weighted by Crippen LogP contribution is 2.26. The molecule has 1 N–H and O–H groups in total. The Balaban J connectivity index is 1.67. The standard InChI is InChI=1S/C18H18ClN3O/c1-12(2)13-7-9-14(10-8-13)20-11-17-21-22-18(23-17)15-5-3-4-6-16(15)19/h3-10,12,20H,11H2,1-2H3. The van der Waals surface area contributed by atoms with Crippen LogP contribution in [0.3, 0.4) is 0 Å². The molecule has 3 aromatic rings. The lowest BCUT2D eigenvalue weighted by Crippen LogP contribution is -2.00. The van der Waals surface area contributed by atoms with E-state index < -0.39 is 0 Å². The van der Waals surface area contributed by atoms with Crippen LogP contribution in [-0.4, -0.2) is 10.2 Å². The Kier molecular flexibility index (Phi) is 4.63. The summed E-state index contributed by atoms with van der Waals surface area (Å²) in [7, 11) is 0. The number of rotatable bonds is 5. The Hall–Kier alpha value is -2.33. The van der Waals surface area contributed by atoms with Crippen molar-refractivity contribution in [1.29, 1.82) is 0 Å². The van der Waals surface area contributed by atoms with Gasteiger partial charge in [-0.3, -0.25) is 0 Å². The number of anilines is 1. The molecule has 0 bridgehead atoms. The lowest BCUT2D eigenvalue weighted by Gasteiger charge is -2.07. The third kappa shape index (κ3) is 3.71. The predicted octanol–water partition coefficient (Wildman–Crippen LogP) is 5.13. The number of hydrogen-bond donors (Lipinski definition) is 1. The molecule has 0 amide bonds. The van der Waals surface area contributed by atoms with Gasteiger partial charge in [0.1, 0.15) is 0 Å². The minimum Gasteiger partial charge on any atom is -0.419 e. The third-order valence-corrected chi connectivity index (χ3v) is 3.92. The number of hydrogen-bond acceptors (Lipinski definition) is 4. The molecule has 1 aromatic heterocycles. The molecule has 23 heavy (non-hydrogen) atoms. The molecule has 0 atom stereocenters. The van der Waals surface area contributed by atoms with Gasteiger partial charge in [-0.2, -0.15) is 0 Å². The van der Waals surface area contributed by atoms with Gasteiger partial charge in [-0.05, 0) is 35.7 Å². The van der Waals surface area contributed by atoms with Crippen LogP contribution in [0.5, 0.6) is 0 Å². The number of aromatic nitrogens is 2. The van der Waals surface area contributed by atoms with Gasteiger partial charge in [-0.1, -0.05) is 49.7 Å². The minimum atomic E-state index is 0.433. The Morgan fingerprint density at radius 1 is 1.04 bits per heavy atom. The molecule has 2 aromatic carbocycles. The average molecular weight is 328 g/mol. The molecule has 0 fully saturated rings. The van der Waals surface area contributed by atoms with Gasteiger partial charge in [-0.15, -0.1) is 10.2 Å². The summed E-state index contributed by atoms with van der Waals surface area (Å²) < 4.78 is 5.67. The van der Waals surface area contributed by atoms with Gasteiger partial charge < -0.3 is 9.73 Å². The summed E-state index contributed by atoms with van der Waals surface area (Å²) in [6.45, 7) is 4.83. The topological polar surface area (TPSA) is 51.0 Å². The fourth-order valence-corrected chi connectivity index (χ4v) is 2.45. The molecular weight excluding hydrogens is 310 g/mol. The molecular formula is C18H18ClN3O. The average Bonchev–Trinajstić information content (AvgIpc) is 3.02. The summed E-state index contributed by atoms with van der Waals surface area (Å²) in [6.07, 6.45) is 0. The van der Waals surface area contributed by atoms with Crippen LogP contribution in [0.2, 0.25) is 5.02 Å². The van der Waals surface area contributed by atoms with E-state index in [2.05, 4.69) is 53.6 Å². The number of nitrogens with one attached hydrogen (secondary N) is 1. The van der Waals surface area contributed by atoms with Gasteiger partial charge in [0.05, 0.1) is 17.1 Å². The van der Waals surface area contributed by atoms with E-state index in [0.717, 1.165) is 11.3 Å². The summed E-state index contributed by atoms with van der Waals surface area (Å²) in [5.74, 6) is 1.48. The molecule has 5 heteroatoms. The molecule has 0 unspecified atom stereocenters. The zero-order valence-electron chi connectivity index (χ0n) is 13.1. The van der Waals surface area contributed by atoms with E-state index in [-0.39, 0.29) is 0 Å². The number of halogens is 1. The quantitative estimate of drug-likeness (QED) is 0.706. The highest BCUT2D eigenvalue weighted by Gasteiger charge is 2.11. The van der Waals surface area contributed by atoms with Gasteiger partial charge in [-0.25, -0.2) is 0 Å². The Morgan fingerprint density at radius 2 is 1.78 bits per heavy atom. The summed E-state index contributed by atoms with van der Waals surface area (Å²) in [4.78, 5) is 0. The first kappa shape index (κ1) is 15.6. The first-order valence-electron chi connectivity index (χ1n) is 7.54. The maximum Gasteiger partial charge on any atom is 0.249 e. The minimum absolute atomic E-state index is 0.433. The first-order valence-corrected chi connectivity index (χ1v) is 7.92. The van der Waals surface area contributed by atoms with Crippen molar-refractivity contribution in [3.8, 4) is 11.5 Å². The second kappa shape index (κ2) is 6.84. The van der Waals surface area contributed by atoms with E-state index in [1.807, 2.05) is 18.2 Å². The lowest BCUT2D eigenvalue weighted by atomic mass is 10.0. The van der Waals surface area contributed by atoms with Gasteiger partial charge in [0.25, 0.3) is 0 Å². The zero-order valence-corrected chi connectivity index (χ0v) is 13.8. The summed E-state index contributed by atoms with van der Waals surface area (Å²) >= 11 is 6.14. The van der Waals surface area contributed by atoms with Crippen molar-refractivity contribution in [2.45, 2.75) is 26.3 Å². The monoisotopic (exact) mass is 327 g/mol. The molecule has 0 aliphatic rings. The van der Waals surface area contributed by atoms with E-state index in [9.17, 15) is 0 Å². The van der Waals surface area contributed by atoms with Crippen LogP contribution in [0.4, 0.5) is 5.69 Å². The van der Waals surface area contributed by atoms with Crippen molar-refractivity contribution < 1.29 is 4.42 Å². The van der Waals surface area contributed by atoms with E-state index >= 15 is 0 Å². The van der Waals surface area contributed by atoms with Crippen LogP contribution in [0.15, 0.2) is 52.9 Å². The van der Waals surface area contributed by atoms with Crippen molar-refractivity contribution in [1.82, 2.24) is 10.2 Å². The molecule has 0 aliphatic heterocycles. The summed E-state index contributed by atoms with van der Waals surface area (Å²) in [5, 5.41) is 12.0. The van der Waals surface area contributed by atoms with Crippen LogP contribution < -0.4 is 5.32 Å². The zero-order chi connectivity index (χ0) is 16.2. The number of nitrogens with zero attached hydrogens (tertiary/aromatic N) is 2. The summed E-state index contributed by atoms with van der Waals surface area (Å²) in [6, 6.07) is 15.8. The largest absolute Gasteiger partial charge is 0.419 e. The van der Waals surface area contributed by atoms with Crippen LogP contribution >= 0.6 is 11.6 Å².